The first-order valence-electron chi connectivity index (χ1n) is 8.37. The van der Waals surface area contributed by atoms with Crippen LogP contribution in [0.4, 0.5) is 4.39 Å². The van der Waals surface area contributed by atoms with E-state index in [-0.39, 0.29) is 11.5 Å². The van der Waals surface area contributed by atoms with Crippen molar-refractivity contribution in [2.75, 3.05) is 26.3 Å². The Bertz CT molecular complexity index is 671. The van der Waals surface area contributed by atoms with E-state index in [2.05, 4.69) is 9.88 Å². The molecule has 128 valence electrons. The Morgan fingerprint density at radius 2 is 2.25 bits per heavy atom. The van der Waals surface area contributed by atoms with E-state index in [1.807, 2.05) is 12.1 Å². The molecule has 6 heteroatoms. The zero-order valence-corrected chi connectivity index (χ0v) is 13.5. The lowest BCUT2D eigenvalue weighted by molar-refractivity contribution is -0.139. The van der Waals surface area contributed by atoms with Crippen molar-refractivity contribution in [3.8, 4) is 5.88 Å². The van der Waals surface area contributed by atoms with Crippen LogP contribution in [0.1, 0.15) is 18.6 Å². The summed E-state index contributed by atoms with van der Waals surface area (Å²) in [6.07, 6.45) is 5.12. The number of ether oxygens (including phenoxy) is 2. The number of aromatic nitrogens is 1. The summed E-state index contributed by atoms with van der Waals surface area (Å²) >= 11 is 0. The van der Waals surface area contributed by atoms with Crippen molar-refractivity contribution in [2.24, 2.45) is 5.92 Å². The highest BCUT2D eigenvalue weighted by Crippen LogP contribution is 2.42. The van der Waals surface area contributed by atoms with Gasteiger partial charge in [-0.05, 0) is 43.0 Å². The van der Waals surface area contributed by atoms with Gasteiger partial charge in [0.15, 0.2) is 5.82 Å². The Morgan fingerprint density at radius 1 is 1.33 bits per heavy atom. The molecule has 5 nitrogen and oxygen atoms in total. The van der Waals surface area contributed by atoms with Crippen LogP contribution in [-0.4, -0.2) is 41.8 Å². The van der Waals surface area contributed by atoms with Gasteiger partial charge in [-0.25, -0.2) is 9.37 Å². The number of hydrogen-bond acceptors (Lipinski definition) is 5. The Hall–Kier alpha value is -1.92. The fourth-order valence-corrected chi connectivity index (χ4v) is 3.76. The number of rotatable bonds is 6. The maximum atomic E-state index is 13.5. The molecule has 0 bridgehead atoms. The fourth-order valence-electron chi connectivity index (χ4n) is 3.76. The van der Waals surface area contributed by atoms with Gasteiger partial charge in [-0.1, -0.05) is 0 Å². The van der Waals surface area contributed by atoms with E-state index < -0.39 is 5.82 Å². The maximum Gasteiger partial charge on any atom is 0.250 e. The molecule has 0 amide bonds. The summed E-state index contributed by atoms with van der Waals surface area (Å²) in [5.41, 5.74) is -0.0708. The zero-order valence-electron chi connectivity index (χ0n) is 13.5. The van der Waals surface area contributed by atoms with E-state index in [9.17, 15) is 4.39 Å². The van der Waals surface area contributed by atoms with Gasteiger partial charge in [-0.15, -0.1) is 0 Å². The third-order valence-corrected chi connectivity index (χ3v) is 4.97. The van der Waals surface area contributed by atoms with Gasteiger partial charge in [0.2, 0.25) is 5.88 Å². The lowest BCUT2D eigenvalue weighted by atomic mass is 9.79. The summed E-state index contributed by atoms with van der Waals surface area (Å²) in [4.78, 5) is 6.25. The predicted octanol–water partition coefficient (Wildman–Crippen LogP) is 2.87. The molecule has 0 unspecified atom stereocenters. The van der Waals surface area contributed by atoms with Crippen LogP contribution in [0.2, 0.25) is 0 Å². The third kappa shape index (κ3) is 3.03. The third-order valence-electron chi connectivity index (χ3n) is 4.97. The molecule has 1 spiro atoms. The molecule has 2 aliphatic rings. The van der Waals surface area contributed by atoms with Gasteiger partial charge in [-0.3, -0.25) is 4.90 Å². The molecule has 4 rings (SSSR count). The van der Waals surface area contributed by atoms with Gasteiger partial charge in [0.05, 0.1) is 25.0 Å². The van der Waals surface area contributed by atoms with Crippen LogP contribution in [0.15, 0.2) is 41.1 Å². The molecule has 24 heavy (non-hydrogen) atoms. The standard InChI is InChI=1S/C18H21FN2O3/c19-16-4-1-7-20-17(16)23-9-5-14-6-10-24-18(14)12-21(13-18)11-15-3-2-8-22-15/h1-4,7-8,14H,5-6,9-13H2/t14-/m1/s1. The summed E-state index contributed by atoms with van der Waals surface area (Å²) in [6, 6.07) is 6.83. The molecular weight excluding hydrogens is 311 g/mol. The summed E-state index contributed by atoms with van der Waals surface area (Å²) in [7, 11) is 0. The minimum atomic E-state index is -0.414. The molecule has 0 aliphatic carbocycles. The minimum Gasteiger partial charge on any atom is -0.476 e. The topological polar surface area (TPSA) is 47.7 Å². The molecule has 2 aromatic rings. The molecule has 0 N–H and O–H groups in total. The lowest BCUT2D eigenvalue weighted by Crippen LogP contribution is -2.64. The summed E-state index contributed by atoms with van der Waals surface area (Å²) in [5.74, 6) is 1.09. The molecular formula is C18H21FN2O3. The number of hydrogen-bond donors (Lipinski definition) is 0. The highest BCUT2D eigenvalue weighted by Gasteiger charge is 2.52. The van der Waals surface area contributed by atoms with Crippen LogP contribution >= 0.6 is 0 Å². The average Bonchev–Trinajstić information content (AvgIpc) is 3.19. The van der Waals surface area contributed by atoms with Crippen molar-refractivity contribution in [2.45, 2.75) is 25.0 Å². The van der Waals surface area contributed by atoms with Gasteiger partial charge in [0.1, 0.15) is 5.76 Å². The second-order valence-electron chi connectivity index (χ2n) is 6.55. The minimum absolute atomic E-state index is 0.0708. The Kier molecular flexibility index (Phi) is 4.24. The summed E-state index contributed by atoms with van der Waals surface area (Å²) in [6.45, 7) is 3.90. The lowest BCUT2D eigenvalue weighted by Gasteiger charge is -2.50. The van der Waals surface area contributed by atoms with Crippen molar-refractivity contribution in [1.82, 2.24) is 9.88 Å². The number of nitrogens with zero attached hydrogens (tertiary/aromatic N) is 2. The van der Waals surface area contributed by atoms with Gasteiger partial charge < -0.3 is 13.9 Å². The summed E-state index contributed by atoms with van der Waals surface area (Å²) in [5, 5.41) is 0. The molecule has 0 saturated carbocycles. The van der Waals surface area contributed by atoms with Crippen molar-refractivity contribution < 1.29 is 18.3 Å². The molecule has 1 atom stereocenters. The predicted molar refractivity (Wildman–Crippen MR) is 85.1 cm³/mol. The van der Waals surface area contributed by atoms with Gasteiger partial charge in [0.25, 0.3) is 0 Å². The van der Waals surface area contributed by atoms with Crippen LogP contribution in [0.5, 0.6) is 5.88 Å². The van der Waals surface area contributed by atoms with Crippen molar-refractivity contribution in [3.63, 3.8) is 0 Å². The molecule has 2 saturated heterocycles. The first kappa shape index (κ1) is 15.6. The van der Waals surface area contributed by atoms with Crippen LogP contribution in [0, 0.1) is 11.7 Å². The van der Waals surface area contributed by atoms with Crippen LogP contribution in [0.25, 0.3) is 0 Å². The number of furan rings is 1. The number of halogens is 1. The zero-order chi connectivity index (χ0) is 16.4. The number of likely N-dealkylation sites (tertiary alicyclic amines) is 1. The SMILES string of the molecule is Fc1cccnc1OCC[C@@H]1CCOC12CN(Cc1ccco1)C2. The van der Waals surface area contributed by atoms with E-state index in [0.717, 1.165) is 44.8 Å². The van der Waals surface area contributed by atoms with Crippen LogP contribution in [-0.2, 0) is 11.3 Å². The monoisotopic (exact) mass is 332 g/mol. The van der Waals surface area contributed by atoms with E-state index in [4.69, 9.17) is 13.9 Å². The van der Waals surface area contributed by atoms with Crippen molar-refractivity contribution >= 4 is 0 Å². The quantitative estimate of drug-likeness (QED) is 0.814. The van der Waals surface area contributed by atoms with Crippen LogP contribution in [0.3, 0.4) is 0 Å². The smallest absolute Gasteiger partial charge is 0.250 e. The normalized spacial score (nSPS) is 22.6. The molecule has 2 aromatic heterocycles. The highest BCUT2D eigenvalue weighted by atomic mass is 19.1. The Balaban J connectivity index is 1.28. The highest BCUT2D eigenvalue weighted by molar-refractivity contribution is 5.13. The number of pyridine rings is 1. The van der Waals surface area contributed by atoms with Gasteiger partial charge in [-0.2, -0.15) is 0 Å². The van der Waals surface area contributed by atoms with E-state index >= 15 is 0 Å². The van der Waals surface area contributed by atoms with Crippen molar-refractivity contribution in [1.29, 1.82) is 0 Å². The fraction of sp³-hybridized carbons (Fsp3) is 0.500. The Morgan fingerprint density at radius 3 is 3.04 bits per heavy atom. The second kappa shape index (κ2) is 6.53. The van der Waals surface area contributed by atoms with Gasteiger partial charge in [0, 0.05) is 25.9 Å². The first-order chi connectivity index (χ1) is 11.8. The first-order valence-corrected chi connectivity index (χ1v) is 8.37. The van der Waals surface area contributed by atoms with Crippen molar-refractivity contribution in [3.05, 3.63) is 48.3 Å². The van der Waals surface area contributed by atoms with E-state index in [1.54, 1.807) is 12.3 Å². The van der Waals surface area contributed by atoms with Crippen LogP contribution < -0.4 is 4.74 Å². The van der Waals surface area contributed by atoms with E-state index in [1.165, 1.54) is 12.3 Å². The van der Waals surface area contributed by atoms with Gasteiger partial charge >= 0.3 is 0 Å². The molecule has 0 radical (unpaired) electrons. The summed E-state index contributed by atoms with van der Waals surface area (Å²) < 4.78 is 30.5. The largest absolute Gasteiger partial charge is 0.476 e. The molecule has 2 fully saturated rings. The average molecular weight is 332 g/mol. The maximum absolute atomic E-state index is 13.5. The molecule has 4 heterocycles. The Labute approximate surface area is 140 Å². The van der Waals surface area contributed by atoms with E-state index in [0.29, 0.717) is 12.5 Å². The molecule has 2 aliphatic heterocycles. The second-order valence-corrected chi connectivity index (χ2v) is 6.55. The molecule has 0 aromatic carbocycles.